The lowest BCUT2D eigenvalue weighted by Gasteiger charge is -2.13. The number of ether oxygens (including phenoxy) is 4. The summed E-state index contributed by atoms with van der Waals surface area (Å²) in [6.45, 7) is -4.19. The molecule has 0 radical (unpaired) electrons. The maximum atomic E-state index is 12.3. The van der Waals surface area contributed by atoms with Crippen LogP contribution in [0.5, 0.6) is 17.2 Å². The van der Waals surface area contributed by atoms with Crippen LogP contribution in [0.1, 0.15) is 10.4 Å². The van der Waals surface area contributed by atoms with Gasteiger partial charge in [-0.15, -0.1) is 0 Å². The number of alkyl halides is 2. The number of methoxy groups -OCH3 is 1. The number of carbonyl (C=O) groups excluding carboxylic acids is 3. The molecule has 0 atom stereocenters. The molecule has 2 rings (SSSR count). The lowest BCUT2D eigenvalue weighted by atomic mass is 10.2. The number of amides is 2. The molecule has 3 N–H and O–H groups in total. The van der Waals surface area contributed by atoms with Gasteiger partial charge in [0.15, 0.2) is 24.7 Å². The van der Waals surface area contributed by atoms with Gasteiger partial charge in [-0.1, -0.05) is 23.2 Å². The van der Waals surface area contributed by atoms with E-state index in [-0.39, 0.29) is 38.5 Å². The fourth-order valence-corrected chi connectivity index (χ4v) is 2.79. The Morgan fingerprint density at radius 1 is 1.06 bits per heavy atom. The number of hydrogen-bond donors (Lipinski definition) is 2. The van der Waals surface area contributed by atoms with Crippen LogP contribution < -0.4 is 25.3 Å². The van der Waals surface area contributed by atoms with Gasteiger partial charge < -0.3 is 30.0 Å². The summed E-state index contributed by atoms with van der Waals surface area (Å²) in [5, 5.41) is 2.18. The summed E-state index contributed by atoms with van der Waals surface area (Å²) in [5.41, 5.74) is 5.13. The largest absolute Gasteiger partial charge is 0.493 e. The summed E-state index contributed by atoms with van der Waals surface area (Å²) in [5.74, 6) is -2.60. The third kappa shape index (κ3) is 7.13. The van der Waals surface area contributed by atoms with E-state index in [2.05, 4.69) is 10.1 Å². The number of rotatable bonds is 10. The molecule has 2 amide bonds. The Kier molecular flexibility index (Phi) is 8.85. The van der Waals surface area contributed by atoms with Crippen LogP contribution in [0.4, 0.5) is 14.5 Å². The van der Waals surface area contributed by atoms with E-state index in [0.29, 0.717) is 0 Å². The van der Waals surface area contributed by atoms with Gasteiger partial charge in [-0.2, -0.15) is 8.78 Å². The molecular weight excluding hydrogens is 477 g/mol. The average Bonchev–Trinajstić information content (AvgIpc) is 2.72. The van der Waals surface area contributed by atoms with E-state index >= 15 is 0 Å². The number of nitrogens with one attached hydrogen (secondary N) is 1. The maximum absolute atomic E-state index is 12.3. The van der Waals surface area contributed by atoms with E-state index in [1.165, 1.54) is 31.4 Å². The lowest BCUT2D eigenvalue weighted by molar-refractivity contribution is -0.120. The number of benzene rings is 2. The highest BCUT2D eigenvalue weighted by atomic mass is 35.5. The molecule has 0 aliphatic rings. The first-order chi connectivity index (χ1) is 15.1. The van der Waals surface area contributed by atoms with Gasteiger partial charge in [0.05, 0.1) is 22.7 Å². The highest BCUT2D eigenvalue weighted by Gasteiger charge is 2.18. The van der Waals surface area contributed by atoms with Crippen LogP contribution in [0.15, 0.2) is 30.3 Å². The Bertz CT molecular complexity index is 1020. The van der Waals surface area contributed by atoms with Crippen molar-refractivity contribution in [1.82, 2.24) is 0 Å². The SMILES string of the molecule is COc1cc(C(=O)OCC(=O)Nc2ccc(OC(F)F)c(Cl)c2)cc(Cl)c1OCC(N)=O. The van der Waals surface area contributed by atoms with Gasteiger partial charge in [-0.25, -0.2) is 4.79 Å². The summed E-state index contributed by atoms with van der Waals surface area (Å²) >= 11 is 11.9. The number of carbonyl (C=O) groups is 3. The Balaban J connectivity index is 1.99. The van der Waals surface area contributed by atoms with Crippen LogP contribution in [0.25, 0.3) is 0 Å². The van der Waals surface area contributed by atoms with E-state index in [0.717, 1.165) is 6.07 Å². The second kappa shape index (κ2) is 11.3. The average molecular weight is 493 g/mol. The molecule has 32 heavy (non-hydrogen) atoms. The zero-order chi connectivity index (χ0) is 23.8. The first-order valence-corrected chi connectivity index (χ1v) is 9.36. The quantitative estimate of drug-likeness (QED) is 0.487. The topological polar surface area (TPSA) is 126 Å². The smallest absolute Gasteiger partial charge is 0.387 e. The number of anilines is 1. The van der Waals surface area contributed by atoms with E-state index in [1.807, 2.05) is 0 Å². The second-order valence-corrected chi connectivity index (χ2v) is 6.71. The molecule has 0 heterocycles. The van der Waals surface area contributed by atoms with Crippen LogP contribution >= 0.6 is 23.2 Å². The minimum Gasteiger partial charge on any atom is -0.493 e. The first kappa shape index (κ1) is 25.0. The van der Waals surface area contributed by atoms with Crippen LogP contribution in [-0.2, 0) is 14.3 Å². The zero-order valence-corrected chi connectivity index (χ0v) is 17.8. The number of hydrogen-bond acceptors (Lipinski definition) is 7. The van der Waals surface area contributed by atoms with Gasteiger partial charge in [0, 0.05) is 5.69 Å². The summed E-state index contributed by atoms with van der Waals surface area (Å²) in [6.07, 6.45) is 0. The summed E-state index contributed by atoms with van der Waals surface area (Å²) in [4.78, 5) is 35.2. The molecule has 13 heteroatoms. The molecule has 0 aliphatic heterocycles. The normalized spacial score (nSPS) is 10.4. The summed E-state index contributed by atoms with van der Waals surface area (Å²) in [7, 11) is 1.29. The molecule has 0 aliphatic carbocycles. The lowest BCUT2D eigenvalue weighted by Crippen LogP contribution is -2.21. The van der Waals surface area contributed by atoms with Crippen molar-refractivity contribution in [3.8, 4) is 17.2 Å². The van der Waals surface area contributed by atoms with Gasteiger partial charge in [0.2, 0.25) is 0 Å². The van der Waals surface area contributed by atoms with Crippen molar-refractivity contribution in [1.29, 1.82) is 0 Å². The van der Waals surface area contributed by atoms with Gasteiger partial charge >= 0.3 is 12.6 Å². The van der Waals surface area contributed by atoms with E-state index in [9.17, 15) is 23.2 Å². The monoisotopic (exact) mass is 492 g/mol. The molecular formula is C19H16Cl2F2N2O7. The molecule has 172 valence electrons. The van der Waals surface area contributed by atoms with Crippen LogP contribution in [0, 0.1) is 0 Å². The summed E-state index contributed by atoms with van der Waals surface area (Å²) < 4.78 is 43.9. The number of primary amides is 1. The maximum Gasteiger partial charge on any atom is 0.387 e. The molecule has 9 nitrogen and oxygen atoms in total. The Hall–Kier alpha value is -3.31. The molecule has 0 unspecified atom stereocenters. The van der Waals surface area contributed by atoms with Gasteiger partial charge in [-0.3, -0.25) is 9.59 Å². The third-order valence-corrected chi connectivity index (χ3v) is 4.17. The predicted molar refractivity (Wildman–Crippen MR) is 110 cm³/mol. The Labute approximate surface area is 190 Å². The fourth-order valence-electron chi connectivity index (χ4n) is 2.30. The number of halogens is 4. The molecule has 0 saturated carbocycles. The fraction of sp³-hybridized carbons (Fsp3) is 0.211. The molecule has 0 fully saturated rings. The zero-order valence-electron chi connectivity index (χ0n) is 16.3. The van der Waals surface area contributed by atoms with Crippen molar-refractivity contribution in [2.24, 2.45) is 5.73 Å². The Morgan fingerprint density at radius 3 is 2.38 bits per heavy atom. The third-order valence-electron chi connectivity index (χ3n) is 3.59. The van der Waals surface area contributed by atoms with Crippen LogP contribution in [0.3, 0.4) is 0 Å². The van der Waals surface area contributed by atoms with Gasteiger partial charge in [-0.05, 0) is 30.3 Å². The van der Waals surface area contributed by atoms with E-state index in [1.54, 1.807) is 0 Å². The minimum atomic E-state index is -3.05. The molecule has 0 saturated heterocycles. The molecule has 0 bridgehead atoms. The van der Waals surface area contributed by atoms with E-state index < -0.39 is 37.6 Å². The predicted octanol–water partition coefficient (Wildman–Crippen LogP) is 3.26. The van der Waals surface area contributed by atoms with Crippen LogP contribution in [0.2, 0.25) is 10.0 Å². The molecule has 0 aromatic heterocycles. The van der Waals surface area contributed by atoms with Crippen molar-refractivity contribution in [2.45, 2.75) is 6.61 Å². The summed E-state index contributed by atoms with van der Waals surface area (Å²) in [6, 6.07) is 6.05. The standard InChI is InChI=1S/C19H16Cl2F2N2O7/c1-29-14-5-9(4-12(21)17(14)30-7-15(24)26)18(28)31-8-16(27)25-10-2-3-13(11(20)6-10)32-19(22)23/h2-6,19H,7-8H2,1H3,(H2,24,26)(H,25,27). The minimum absolute atomic E-state index is 0.00148. The van der Waals surface area contributed by atoms with Crippen molar-refractivity contribution in [3.05, 3.63) is 45.9 Å². The highest BCUT2D eigenvalue weighted by Crippen LogP contribution is 2.36. The molecule has 2 aromatic rings. The van der Waals surface area contributed by atoms with Crippen molar-refractivity contribution in [3.63, 3.8) is 0 Å². The van der Waals surface area contributed by atoms with Crippen molar-refractivity contribution in [2.75, 3.05) is 25.6 Å². The van der Waals surface area contributed by atoms with Crippen molar-refractivity contribution < 1.29 is 42.1 Å². The van der Waals surface area contributed by atoms with Gasteiger partial charge in [0.25, 0.3) is 11.8 Å². The number of nitrogens with two attached hydrogens (primary N) is 1. The number of esters is 1. The highest BCUT2D eigenvalue weighted by molar-refractivity contribution is 6.33. The first-order valence-electron chi connectivity index (χ1n) is 8.60. The van der Waals surface area contributed by atoms with Crippen molar-refractivity contribution >= 4 is 46.7 Å². The molecule has 2 aromatic carbocycles. The van der Waals surface area contributed by atoms with Crippen LogP contribution in [-0.4, -0.2) is 44.7 Å². The second-order valence-electron chi connectivity index (χ2n) is 5.89. The van der Waals surface area contributed by atoms with E-state index in [4.69, 9.17) is 43.1 Å². The Morgan fingerprint density at radius 2 is 1.78 bits per heavy atom. The van der Waals surface area contributed by atoms with Gasteiger partial charge in [0.1, 0.15) is 5.75 Å². The molecule has 0 spiro atoms.